The Bertz CT molecular complexity index is 579. The van der Waals surface area contributed by atoms with Crippen molar-refractivity contribution >= 4 is 12.3 Å². The van der Waals surface area contributed by atoms with Crippen LogP contribution >= 0.6 is 0 Å². The first-order chi connectivity index (χ1) is 11.2. The monoisotopic (exact) mass is 332 g/mol. The molecule has 0 unspecified atom stereocenters. The van der Waals surface area contributed by atoms with Gasteiger partial charge in [-0.15, -0.1) is 0 Å². The number of allylic oxidation sites excluding steroid dienone is 2. The second-order valence-corrected chi connectivity index (χ2v) is 7.92. The van der Waals surface area contributed by atoms with Gasteiger partial charge in [0.25, 0.3) is 0 Å². The number of hydrogen-bond acceptors (Lipinski definition) is 4. The van der Waals surface area contributed by atoms with E-state index in [1.807, 2.05) is 19.1 Å². The maximum absolute atomic E-state index is 12.3. The smallest absolute Gasteiger partial charge is 0.313 e. The van der Waals surface area contributed by atoms with Gasteiger partial charge in [-0.3, -0.25) is 4.79 Å². The van der Waals surface area contributed by atoms with E-state index in [2.05, 4.69) is 6.58 Å². The highest BCUT2D eigenvalue weighted by atomic mass is 16.5. The Balaban J connectivity index is 2.30. The van der Waals surface area contributed by atoms with Gasteiger partial charge in [-0.1, -0.05) is 37.3 Å². The van der Waals surface area contributed by atoms with Gasteiger partial charge >= 0.3 is 5.97 Å². The molecule has 1 saturated heterocycles. The van der Waals surface area contributed by atoms with Crippen molar-refractivity contribution < 1.29 is 19.4 Å². The lowest BCUT2D eigenvalue weighted by Gasteiger charge is -2.38. The van der Waals surface area contributed by atoms with Crippen LogP contribution < -0.4 is 0 Å². The van der Waals surface area contributed by atoms with Crippen LogP contribution in [0.2, 0.25) is 0 Å². The number of fused-ring (bicyclic) bond motifs is 1. The molecule has 2 rings (SSSR count). The molecule has 3 atom stereocenters. The minimum Gasteiger partial charge on any atom is -0.461 e. The second-order valence-electron chi connectivity index (χ2n) is 7.92. The topological polar surface area (TPSA) is 63.6 Å². The Morgan fingerprint density at radius 3 is 2.71 bits per heavy atom. The van der Waals surface area contributed by atoms with Crippen LogP contribution in [-0.4, -0.2) is 29.6 Å². The van der Waals surface area contributed by atoms with E-state index in [0.29, 0.717) is 6.42 Å². The van der Waals surface area contributed by atoms with Crippen molar-refractivity contribution in [2.75, 3.05) is 6.61 Å². The van der Waals surface area contributed by atoms with Crippen molar-refractivity contribution in [3.05, 3.63) is 36.0 Å². The minimum atomic E-state index is -0.886. The summed E-state index contributed by atoms with van der Waals surface area (Å²) in [5.74, 6) is -0.509. The molecule has 0 spiro atoms. The minimum absolute atomic E-state index is 0.0183. The fraction of sp³-hybridized carbons (Fsp3) is 0.600. The van der Waals surface area contributed by atoms with Crippen LogP contribution in [0.15, 0.2) is 36.0 Å². The van der Waals surface area contributed by atoms with Crippen LogP contribution in [0.4, 0.5) is 0 Å². The summed E-state index contributed by atoms with van der Waals surface area (Å²) in [5.41, 5.74) is 0.636. The maximum Gasteiger partial charge on any atom is 0.313 e. The van der Waals surface area contributed by atoms with Crippen molar-refractivity contribution in [2.24, 2.45) is 17.3 Å². The van der Waals surface area contributed by atoms with Crippen LogP contribution in [0.3, 0.4) is 0 Å². The molecule has 0 bridgehead atoms. The average molecular weight is 332 g/mol. The third-order valence-corrected chi connectivity index (χ3v) is 5.10. The molecule has 1 aliphatic carbocycles. The van der Waals surface area contributed by atoms with Crippen LogP contribution in [0.5, 0.6) is 0 Å². The second kappa shape index (κ2) is 7.06. The number of esters is 1. The molecular formula is C20H28O4. The van der Waals surface area contributed by atoms with E-state index in [4.69, 9.17) is 4.74 Å². The van der Waals surface area contributed by atoms with Gasteiger partial charge in [-0.2, -0.15) is 0 Å². The number of carbonyl (C=O) groups excluding carboxylic acids is 2. The van der Waals surface area contributed by atoms with Gasteiger partial charge in [0.15, 0.2) is 0 Å². The van der Waals surface area contributed by atoms with Gasteiger partial charge in [0.1, 0.15) is 12.9 Å². The molecular weight excluding hydrogens is 304 g/mol. The number of hydrogen-bond donors (Lipinski definition) is 1. The van der Waals surface area contributed by atoms with Crippen molar-refractivity contribution in [3.63, 3.8) is 0 Å². The molecule has 1 heterocycles. The van der Waals surface area contributed by atoms with E-state index in [1.165, 1.54) is 0 Å². The van der Waals surface area contributed by atoms with Crippen LogP contribution in [0.25, 0.3) is 0 Å². The summed E-state index contributed by atoms with van der Waals surface area (Å²) < 4.78 is 5.35. The van der Waals surface area contributed by atoms with Crippen LogP contribution in [-0.2, 0) is 14.3 Å². The standard InChI is InChI=1S/C20H28O4/c1-14-7-10-20(4,13-21)11-8-16-15(6-5-9-19(2,3)23)12-24-18(22)17(14)16/h5-6,9,13,16-17,23H,1,7-8,10-12H2,2-4H3/b9-5+,15-6+/t16-,17+,20-/m1/s1. The highest BCUT2D eigenvalue weighted by Gasteiger charge is 2.41. The van der Waals surface area contributed by atoms with Gasteiger partial charge in [0, 0.05) is 11.3 Å². The predicted molar refractivity (Wildman–Crippen MR) is 93.2 cm³/mol. The zero-order chi connectivity index (χ0) is 18.0. The Kier molecular flexibility index (Phi) is 5.49. The van der Waals surface area contributed by atoms with E-state index in [-0.39, 0.29) is 29.8 Å². The number of cyclic esters (lactones) is 1. The number of ether oxygens (including phenoxy) is 1. The molecule has 1 aliphatic heterocycles. The third kappa shape index (κ3) is 4.44. The maximum atomic E-state index is 12.3. The fourth-order valence-electron chi connectivity index (χ4n) is 3.44. The van der Waals surface area contributed by atoms with Crippen molar-refractivity contribution in [3.8, 4) is 0 Å². The Hall–Kier alpha value is -1.68. The number of aldehydes is 1. The lowest BCUT2D eigenvalue weighted by Crippen LogP contribution is -2.38. The SMILES string of the molecule is C=C1CC[C@@](C)(C=O)CC[C@@H]2/C(=C/C=C/C(C)(C)O)COC(=O)[C@@H]12. The van der Waals surface area contributed by atoms with Gasteiger partial charge in [0.2, 0.25) is 0 Å². The highest BCUT2D eigenvalue weighted by Crippen LogP contribution is 2.43. The van der Waals surface area contributed by atoms with Crippen LogP contribution in [0.1, 0.15) is 46.5 Å². The summed E-state index contributed by atoms with van der Waals surface area (Å²) in [5, 5.41) is 9.79. The van der Waals surface area contributed by atoms with Gasteiger partial charge in [-0.05, 0) is 45.1 Å². The van der Waals surface area contributed by atoms with Crippen LogP contribution in [0, 0.1) is 17.3 Å². The van der Waals surface area contributed by atoms with E-state index in [0.717, 1.165) is 36.7 Å². The molecule has 0 radical (unpaired) electrons. The number of aliphatic hydroxyl groups is 1. The highest BCUT2D eigenvalue weighted by molar-refractivity contribution is 5.78. The summed E-state index contributed by atoms with van der Waals surface area (Å²) in [6.07, 6.45) is 9.39. The summed E-state index contributed by atoms with van der Waals surface area (Å²) >= 11 is 0. The molecule has 4 heteroatoms. The van der Waals surface area contributed by atoms with E-state index in [1.54, 1.807) is 19.9 Å². The normalized spacial score (nSPS) is 33.8. The summed E-state index contributed by atoms with van der Waals surface area (Å²) in [6.45, 7) is 9.76. The lowest BCUT2D eigenvalue weighted by molar-refractivity contribution is -0.151. The van der Waals surface area contributed by atoms with E-state index >= 15 is 0 Å². The molecule has 24 heavy (non-hydrogen) atoms. The fourth-order valence-corrected chi connectivity index (χ4v) is 3.44. The summed E-state index contributed by atoms with van der Waals surface area (Å²) in [7, 11) is 0. The first-order valence-corrected chi connectivity index (χ1v) is 8.56. The number of carbonyl (C=O) groups is 2. The van der Waals surface area contributed by atoms with Gasteiger partial charge in [0.05, 0.1) is 11.5 Å². The molecule has 2 aliphatic rings. The molecule has 0 aromatic heterocycles. The predicted octanol–water partition coefficient (Wildman–Crippen LogP) is 3.36. The van der Waals surface area contributed by atoms with E-state index in [9.17, 15) is 14.7 Å². The zero-order valence-electron chi connectivity index (χ0n) is 14.9. The Morgan fingerprint density at radius 1 is 1.38 bits per heavy atom. The lowest BCUT2D eigenvalue weighted by atomic mass is 9.68. The zero-order valence-corrected chi connectivity index (χ0v) is 14.9. The van der Waals surface area contributed by atoms with Crippen molar-refractivity contribution in [2.45, 2.75) is 52.1 Å². The number of rotatable bonds is 3. The Morgan fingerprint density at radius 2 is 2.08 bits per heavy atom. The molecule has 2 fully saturated rings. The third-order valence-electron chi connectivity index (χ3n) is 5.10. The molecule has 4 nitrogen and oxygen atoms in total. The molecule has 0 aromatic carbocycles. The first kappa shape index (κ1) is 18.7. The quantitative estimate of drug-likeness (QED) is 0.489. The molecule has 1 saturated carbocycles. The molecule has 1 N–H and O–H groups in total. The van der Waals surface area contributed by atoms with E-state index < -0.39 is 5.60 Å². The first-order valence-electron chi connectivity index (χ1n) is 8.56. The largest absolute Gasteiger partial charge is 0.461 e. The molecule has 0 aromatic rings. The summed E-state index contributed by atoms with van der Waals surface area (Å²) in [6, 6.07) is 0. The van der Waals surface area contributed by atoms with Gasteiger partial charge < -0.3 is 14.6 Å². The molecule has 0 amide bonds. The Labute approximate surface area is 144 Å². The van der Waals surface area contributed by atoms with Crippen molar-refractivity contribution in [1.29, 1.82) is 0 Å². The van der Waals surface area contributed by atoms with Crippen molar-refractivity contribution in [1.82, 2.24) is 0 Å². The summed E-state index contributed by atoms with van der Waals surface area (Å²) in [4.78, 5) is 23.7. The van der Waals surface area contributed by atoms with Gasteiger partial charge in [-0.25, -0.2) is 0 Å². The average Bonchev–Trinajstić information content (AvgIpc) is 2.49. The molecule has 132 valence electrons.